The van der Waals surface area contributed by atoms with Crippen LogP contribution in [-0.4, -0.2) is 32.0 Å². The first-order valence-corrected chi connectivity index (χ1v) is 10.2. The SMILES string of the molecule is CCOc1c(OC)ccc2c1CN1CCc3cc4c(cc3[C@@H]1[C@@H]2CC)OCO4. The Kier molecular flexibility index (Phi) is 4.35. The lowest BCUT2D eigenvalue weighted by atomic mass is 9.75. The van der Waals surface area contributed by atoms with Crippen LogP contribution in [0.4, 0.5) is 0 Å². The van der Waals surface area contributed by atoms with Gasteiger partial charge in [-0.3, -0.25) is 4.90 Å². The van der Waals surface area contributed by atoms with Crippen molar-refractivity contribution in [2.45, 2.75) is 45.2 Å². The number of fused-ring (bicyclic) bond motifs is 5. The van der Waals surface area contributed by atoms with E-state index in [9.17, 15) is 0 Å². The van der Waals surface area contributed by atoms with Gasteiger partial charge in [0, 0.05) is 30.6 Å². The molecule has 0 saturated heterocycles. The smallest absolute Gasteiger partial charge is 0.231 e. The second-order valence-electron chi connectivity index (χ2n) is 7.68. The molecule has 5 nitrogen and oxygen atoms in total. The van der Waals surface area contributed by atoms with E-state index in [2.05, 4.69) is 36.1 Å². The van der Waals surface area contributed by atoms with E-state index in [0.29, 0.717) is 25.4 Å². The summed E-state index contributed by atoms with van der Waals surface area (Å²) in [6.07, 6.45) is 2.10. The maximum Gasteiger partial charge on any atom is 0.231 e. The van der Waals surface area contributed by atoms with E-state index in [1.54, 1.807) is 7.11 Å². The predicted octanol–water partition coefficient (Wildman–Crippen LogP) is 4.43. The lowest BCUT2D eigenvalue weighted by molar-refractivity contribution is 0.128. The first-order valence-electron chi connectivity index (χ1n) is 10.2. The summed E-state index contributed by atoms with van der Waals surface area (Å²) in [6.45, 7) is 7.20. The Balaban J connectivity index is 1.63. The first kappa shape index (κ1) is 17.7. The molecule has 0 aliphatic carbocycles. The fourth-order valence-corrected chi connectivity index (χ4v) is 5.15. The maximum absolute atomic E-state index is 6.04. The van der Waals surface area contributed by atoms with E-state index >= 15 is 0 Å². The Morgan fingerprint density at radius 1 is 1.11 bits per heavy atom. The molecule has 0 saturated carbocycles. The summed E-state index contributed by atoms with van der Waals surface area (Å²) in [5, 5.41) is 0. The van der Waals surface area contributed by atoms with Crippen LogP contribution in [0.25, 0.3) is 0 Å². The zero-order valence-electron chi connectivity index (χ0n) is 16.8. The summed E-state index contributed by atoms with van der Waals surface area (Å²) in [5.74, 6) is 3.92. The Hall–Kier alpha value is -2.40. The third kappa shape index (κ3) is 2.56. The molecule has 5 heteroatoms. The van der Waals surface area contributed by atoms with E-state index in [1.165, 1.54) is 22.3 Å². The van der Waals surface area contributed by atoms with Gasteiger partial charge >= 0.3 is 0 Å². The van der Waals surface area contributed by atoms with Gasteiger partial charge in [-0.25, -0.2) is 0 Å². The van der Waals surface area contributed by atoms with E-state index in [0.717, 1.165) is 48.9 Å². The second kappa shape index (κ2) is 6.89. The number of methoxy groups -OCH3 is 1. The van der Waals surface area contributed by atoms with Gasteiger partial charge in [-0.1, -0.05) is 13.0 Å². The van der Waals surface area contributed by atoms with Crippen LogP contribution in [0.2, 0.25) is 0 Å². The van der Waals surface area contributed by atoms with Gasteiger partial charge in [-0.05, 0) is 54.7 Å². The lowest BCUT2D eigenvalue weighted by Gasteiger charge is -2.46. The average Bonchev–Trinajstić information content (AvgIpc) is 3.18. The monoisotopic (exact) mass is 381 g/mol. The number of nitrogens with zero attached hydrogens (tertiary/aromatic N) is 1. The standard InChI is InChI=1S/C23H27NO4/c1-4-15-16-6-7-19(25-3)23(26-5-2)18(16)12-24-9-8-14-10-20-21(28-13-27-20)11-17(14)22(15)24/h6-7,10-11,15,22H,4-5,8-9,12-13H2,1-3H3/t15-,22+/m1/s1. The molecule has 148 valence electrons. The average molecular weight is 381 g/mol. The quantitative estimate of drug-likeness (QED) is 0.784. The molecule has 0 spiro atoms. The van der Waals surface area contributed by atoms with Crippen LogP contribution in [-0.2, 0) is 13.0 Å². The zero-order chi connectivity index (χ0) is 19.3. The molecule has 2 aromatic carbocycles. The summed E-state index contributed by atoms with van der Waals surface area (Å²) < 4.78 is 22.9. The Labute approximate surface area is 166 Å². The molecule has 2 atom stereocenters. The van der Waals surface area contributed by atoms with Crippen molar-refractivity contribution in [3.8, 4) is 23.0 Å². The van der Waals surface area contributed by atoms with Crippen molar-refractivity contribution in [1.82, 2.24) is 4.90 Å². The first-order chi connectivity index (χ1) is 13.7. The zero-order valence-corrected chi connectivity index (χ0v) is 16.8. The molecule has 3 heterocycles. The van der Waals surface area contributed by atoms with Crippen LogP contribution in [0, 0.1) is 0 Å². The molecule has 3 aliphatic rings. The van der Waals surface area contributed by atoms with Gasteiger partial charge in [0.05, 0.1) is 13.7 Å². The molecule has 0 unspecified atom stereocenters. The van der Waals surface area contributed by atoms with Crippen molar-refractivity contribution < 1.29 is 18.9 Å². The Morgan fingerprint density at radius 3 is 2.68 bits per heavy atom. The normalized spacial score (nSPS) is 22.2. The highest BCUT2D eigenvalue weighted by Crippen LogP contribution is 2.52. The minimum atomic E-state index is 0.324. The molecule has 0 fully saturated rings. The van der Waals surface area contributed by atoms with Crippen molar-refractivity contribution in [2.24, 2.45) is 0 Å². The minimum absolute atomic E-state index is 0.324. The summed E-state index contributed by atoms with van der Waals surface area (Å²) in [6, 6.07) is 9.07. The number of hydrogen-bond donors (Lipinski definition) is 0. The number of benzene rings is 2. The molecule has 2 aromatic rings. The molecule has 0 radical (unpaired) electrons. The van der Waals surface area contributed by atoms with Crippen LogP contribution in [0.15, 0.2) is 24.3 Å². The van der Waals surface area contributed by atoms with Crippen LogP contribution in [0.5, 0.6) is 23.0 Å². The van der Waals surface area contributed by atoms with Crippen molar-refractivity contribution in [2.75, 3.05) is 27.1 Å². The molecule has 0 bridgehead atoms. The van der Waals surface area contributed by atoms with E-state index in [-0.39, 0.29) is 0 Å². The fourth-order valence-electron chi connectivity index (χ4n) is 5.15. The molecular formula is C23H27NO4. The Morgan fingerprint density at radius 2 is 1.93 bits per heavy atom. The van der Waals surface area contributed by atoms with Crippen molar-refractivity contribution >= 4 is 0 Å². The maximum atomic E-state index is 6.04. The van der Waals surface area contributed by atoms with Crippen molar-refractivity contribution in [1.29, 1.82) is 0 Å². The molecule has 5 rings (SSSR count). The highest BCUT2D eigenvalue weighted by Gasteiger charge is 2.41. The fraction of sp³-hybridized carbons (Fsp3) is 0.478. The number of ether oxygens (including phenoxy) is 4. The summed E-state index contributed by atoms with van der Waals surface area (Å²) >= 11 is 0. The van der Waals surface area contributed by atoms with Crippen LogP contribution in [0.3, 0.4) is 0 Å². The molecule has 0 amide bonds. The van der Waals surface area contributed by atoms with E-state index in [4.69, 9.17) is 18.9 Å². The van der Waals surface area contributed by atoms with Gasteiger partial charge in [0.15, 0.2) is 23.0 Å². The number of hydrogen-bond acceptors (Lipinski definition) is 5. The molecule has 3 aliphatic heterocycles. The third-order valence-corrected chi connectivity index (χ3v) is 6.37. The topological polar surface area (TPSA) is 40.2 Å². The molecule has 0 N–H and O–H groups in total. The summed E-state index contributed by atoms with van der Waals surface area (Å²) in [4.78, 5) is 2.60. The second-order valence-corrected chi connectivity index (χ2v) is 7.68. The van der Waals surface area contributed by atoms with Crippen molar-refractivity contribution in [3.63, 3.8) is 0 Å². The molecular weight excluding hydrogens is 354 g/mol. The predicted molar refractivity (Wildman–Crippen MR) is 107 cm³/mol. The highest BCUT2D eigenvalue weighted by atomic mass is 16.7. The summed E-state index contributed by atoms with van der Waals surface area (Å²) in [5.41, 5.74) is 5.46. The Bertz CT molecular complexity index is 910. The summed E-state index contributed by atoms with van der Waals surface area (Å²) in [7, 11) is 1.72. The van der Waals surface area contributed by atoms with E-state index < -0.39 is 0 Å². The van der Waals surface area contributed by atoms with Gasteiger partial charge in [0.1, 0.15) is 0 Å². The van der Waals surface area contributed by atoms with Gasteiger partial charge in [-0.2, -0.15) is 0 Å². The van der Waals surface area contributed by atoms with Crippen LogP contribution >= 0.6 is 0 Å². The van der Waals surface area contributed by atoms with Gasteiger partial charge in [0.25, 0.3) is 0 Å². The van der Waals surface area contributed by atoms with Gasteiger partial charge in [-0.15, -0.1) is 0 Å². The van der Waals surface area contributed by atoms with Gasteiger partial charge < -0.3 is 18.9 Å². The minimum Gasteiger partial charge on any atom is -0.493 e. The van der Waals surface area contributed by atoms with Gasteiger partial charge in [0.2, 0.25) is 6.79 Å². The third-order valence-electron chi connectivity index (χ3n) is 6.37. The molecule has 0 aromatic heterocycles. The highest BCUT2D eigenvalue weighted by molar-refractivity contribution is 5.56. The number of rotatable bonds is 4. The largest absolute Gasteiger partial charge is 0.493 e. The lowest BCUT2D eigenvalue weighted by Crippen LogP contribution is -2.41. The van der Waals surface area contributed by atoms with Crippen LogP contribution < -0.4 is 18.9 Å². The van der Waals surface area contributed by atoms with Crippen molar-refractivity contribution in [3.05, 3.63) is 46.5 Å². The molecule has 28 heavy (non-hydrogen) atoms. The van der Waals surface area contributed by atoms with Crippen LogP contribution in [0.1, 0.15) is 54.5 Å². The van der Waals surface area contributed by atoms with E-state index in [1.807, 2.05) is 6.92 Å².